The minimum atomic E-state index is -1.17. The van der Waals surface area contributed by atoms with Gasteiger partial charge in [0.15, 0.2) is 0 Å². The van der Waals surface area contributed by atoms with Crippen LogP contribution in [-0.2, 0) is 9.59 Å². The Hall–Kier alpha value is -3.03. The van der Waals surface area contributed by atoms with E-state index >= 15 is 0 Å². The highest BCUT2D eigenvalue weighted by Crippen LogP contribution is 2.21. The third kappa shape index (κ3) is 2.24. The van der Waals surface area contributed by atoms with E-state index in [0.29, 0.717) is 0 Å². The first-order valence-corrected chi connectivity index (χ1v) is 6.55. The fraction of sp³-hybridized carbons (Fsp3) is 0.214. The lowest BCUT2D eigenvalue weighted by molar-refractivity contribution is -0.134. The van der Waals surface area contributed by atoms with Gasteiger partial charge < -0.3 is 5.11 Å². The van der Waals surface area contributed by atoms with E-state index in [1.54, 1.807) is 0 Å². The SMILES string of the molecule is O=C1CCC(c2cnc3ccc(C(=O)O)cn3c2=O)C(=O)N1. The summed E-state index contributed by atoms with van der Waals surface area (Å²) in [6.07, 6.45) is 2.85. The van der Waals surface area contributed by atoms with Crippen LogP contribution in [0.4, 0.5) is 0 Å². The lowest BCUT2D eigenvalue weighted by atomic mass is 9.92. The van der Waals surface area contributed by atoms with Crippen molar-refractivity contribution in [2.24, 2.45) is 0 Å². The molecule has 0 spiro atoms. The molecule has 1 atom stereocenters. The number of nitrogens with zero attached hydrogens (tertiary/aromatic N) is 2. The second-order valence-electron chi connectivity index (χ2n) is 4.97. The first-order chi connectivity index (χ1) is 10.5. The number of carboxylic acids is 1. The number of amides is 2. The highest BCUT2D eigenvalue weighted by atomic mass is 16.4. The fourth-order valence-corrected chi connectivity index (χ4v) is 2.45. The van der Waals surface area contributed by atoms with Crippen molar-refractivity contribution in [3.63, 3.8) is 0 Å². The third-order valence-electron chi connectivity index (χ3n) is 3.59. The average Bonchev–Trinajstić information content (AvgIpc) is 2.48. The molecule has 3 rings (SSSR count). The molecule has 3 heterocycles. The number of carbonyl (C=O) groups excluding carboxylic acids is 2. The molecule has 1 fully saturated rings. The lowest BCUT2D eigenvalue weighted by Crippen LogP contribution is -2.41. The van der Waals surface area contributed by atoms with E-state index in [1.165, 1.54) is 24.5 Å². The average molecular weight is 301 g/mol. The molecule has 0 aromatic carbocycles. The molecule has 2 aromatic heterocycles. The molecular weight excluding hydrogens is 290 g/mol. The maximum Gasteiger partial charge on any atom is 0.337 e. The van der Waals surface area contributed by atoms with Crippen LogP contribution in [0.15, 0.2) is 29.3 Å². The lowest BCUT2D eigenvalue weighted by Gasteiger charge is -2.20. The number of aromatic nitrogens is 2. The number of carboxylic acid groups (broad SMARTS) is 1. The molecule has 8 heteroatoms. The standard InChI is InChI=1S/C14H11N3O5/c18-11-4-2-8(12(19)16-11)9-5-15-10-3-1-7(14(21)22)6-17(10)13(9)20/h1,3,5-6,8H,2,4H2,(H,21,22)(H,16,18,19). The molecule has 1 unspecified atom stereocenters. The van der Waals surface area contributed by atoms with Crippen LogP contribution in [-0.4, -0.2) is 32.3 Å². The number of aromatic carboxylic acids is 1. The van der Waals surface area contributed by atoms with Crippen LogP contribution >= 0.6 is 0 Å². The van der Waals surface area contributed by atoms with Crippen molar-refractivity contribution in [1.82, 2.24) is 14.7 Å². The zero-order valence-corrected chi connectivity index (χ0v) is 11.3. The first-order valence-electron chi connectivity index (χ1n) is 6.55. The predicted molar refractivity (Wildman–Crippen MR) is 73.5 cm³/mol. The zero-order chi connectivity index (χ0) is 15.9. The maximum atomic E-state index is 12.5. The van der Waals surface area contributed by atoms with Crippen molar-refractivity contribution < 1.29 is 19.5 Å². The van der Waals surface area contributed by atoms with Crippen LogP contribution in [0.25, 0.3) is 5.65 Å². The van der Waals surface area contributed by atoms with E-state index in [4.69, 9.17) is 5.11 Å². The number of carbonyl (C=O) groups is 3. The summed E-state index contributed by atoms with van der Waals surface area (Å²) in [7, 11) is 0. The summed E-state index contributed by atoms with van der Waals surface area (Å²) in [4.78, 5) is 50.6. The van der Waals surface area contributed by atoms with Crippen molar-refractivity contribution in [2.45, 2.75) is 18.8 Å². The Balaban J connectivity index is 2.13. The molecule has 0 bridgehead atoms. The topological polar surface area (TPSA) is 118 Å². The van der Waals surface area contributed by atoms with Crippen molar-refractivity contribution in [1.29, 1.82) is 0 Å². The van der Waals surface area contributed by atoms with Gasteiger partial charge in [-0.25, -0.2) is 9.78 Å². The second-order valence-corrected chi connectivity index (χ2v) is 4.97. The summed E-state index contributed by atoms with van der Waals surface area (Å²) in [6, 6.07) is 2.76. The maximum absolute atomic E-state index is 12.5. The second kappa shape index (κ2) is 5.06. The summed E-state index contributed by atoms with van der Waals surface area (Å²) in [5.74, 6) is -2.84. The number of nitrogens with one attached hydrogen (secondary N) is 1. The molecule has 0 saturated carbocycles. The van der Waals surface area contributed by atoms with Crippen molar-refractivity contribution in [3.8, 4) is 0 Å². The quantitative estimate of drug-likeness (QED) is 0.749. The molecule has 1 aliphatic heterocycles. The predicted octanol–water partition coefficient (Wildman–Crippen LogP) is -0.0871. The van der Waals surface area contributed by atoms with Crippen LogP contribution in [0.5, 0.6) is 0 Å². The number of pyridine rings is 1. The van der Waals surface area contributed by atoms with Gasteiger partial charge in [0.1, 0.15) is 5.65 Å². The largest absolute Gasteiger partial charge is 0.478 e. The summed E-state index contributed by atoms with van der Waals surface area (Å²) >= 11 is 0. The third-order valence-corrected chi connectivity index (χ3v) is 3.59. The Morgan fingerprint density at radius 2 is 2.09 bits per heavy atom. The Morgan fingerprint density at radius 3 is 2.77 bits per heavy atom. The van der Waals surface area contributed by atoms with Crippen LogP contribution in [0, 0.1) is 0 Å². The van der Waals surface area contributed by atoms with Crippen molar-refractivity contribution in [2.75, 3.05) is 0 Å². The Morgan fingerprint density at radius 1 is 1.32 bits per heavy atom. The summed E-state index contributed by atoms with van der Waals surface area (Å²) < 4.78 is 1.10. The molecule has 0 radical (unpaired) electrons. The monoisotopic (exact) mass is 301 g/mol. The van der Waals surface area contributed by atoms with Gasteiger partial charge in [-0.15, -0.1) is 0 Å². The smallest absolute Gasteiger partial charge is 0.337 e. The molecular formula is C14H11N3O5. The first kappa shape index (κ1) is 13.9. The van der Waals surface area contributed by atoms with E-state index in [0.717, 1.165) is 4.40 Å². The minimum absolute atomic E-state index is 0.0585. The molecule has 2 amide bonds. The molecule has 1 aliphatic rings. The number of imide groups is 1. The van der Waals surface area contributed by atoms with E-state index in [9.17, 15) is 19.2 Å². The van der Waals surface area contributed by atoms with Crippen LogP contribution in [0.1, 0.15) is 34.7 Å². The van der Waals surface area contributed by atoms with Gasteiger partial charge in [-0.3, -0.25) is 24.1 Å². The van der Waals surface area contributed by atoms with Gasteiger partial charge in [-0.1, -0.05) is 0 Å². The molecule has 8 nitrogen and oxygen atoms in total. The van der Waals surface area contributed by atoms with Crippen LogP contribution in [0.2, 0.25) is 0 Å². The summed E-state index contributed by atoms with van der Waals surface area (Å²) in [5.41, 5.74) is -0.143. The van der Waals surface area contributed by atoms with Crippen LogP contribution < -0.4 is 10.9 Å². The molecule has 112 valence electrons. The van der Waals surface area contributed by atoms with Gasteiger partial charge in [0.2, 0.25) is 11.8 Å². The van der Waals surface area contributed by atoms with Gasteiger partial charge in [-0.2, -0.15) is 0 Å². The number of hydrogen-bond donors (Lipinski definition) is 2. The van der Waals surface area contributed by atoms with E-state index in [1.807, 2.05) is 0 Å². The highest BCUT2D eigenvalue weighted by molar-refractivity contribution is 6.00. The number of piperidine rings is 1. The molecule has 22 heavy (non-hydrogen) atoms. The van der Waals surface area contributed by atoms with E-state index in [-0.39, 0.29) is 35.5 Å². The highest BCUT2D eigenvalue weighted by Gasteiger charge is 2.30. The molecule has 2 aromatic rings. The number of fused-ring (bicyclic) bond motifs is 1. The van der Waals surface area contributed by atoms with Gasteiger partial charge in [-0.05, 0) is 18.6 Å². The van der Waals surface area contributed by atoms with Crippen molar-refractivity contribution >= 4 is 23.4 Å². The van der Waals surface area contributed by atoms with Crippen molar-refractivity contribution in [3.05, 3.63) is 46.0 Å². The van der Waals surface area contributed by atoms with Gasteiger partial charge in [0.05, 0.1) is 11.5 Å². The Bertz CT molecular complexity index is 870. The zero-order valence-electron chi connectivity index (χ0n) is 11.3. The summed E-state index contributed by atoms with van der Waals surface area (Å²) in [6.45, 7) is 0. The Kier molecular flexibility index (Phi) is 3.21. The molecule has 2 N–H and O–H groups in total. The van der Waals surface area contributed by atoms with Crippen LogP contribution in [0.3, 0.4) is 0 Å². The molecule has 0 aliphatic carbocycles. The number of hydrogen-bond acceptors (Lipinski definition) is 5. The normalized spacial score (nSPS) is 18.3. The summed E-state index contributed by atoms with van der Waals surface area (Å²) in [5, 5.41) is 11.2. The number of rotatable bonds is 2. The molecule has 1 saturated heterocycles. The fourth-order valence-electron chi connectivity index (χ4n) is 2.45. The van der Waals surface area contributed by atoms with Gasteiger partial charge in [0.25, 0.3) is 5.56 Å². The van der Waals surface area contributed by atoms with E-state index < -0.39 is 23.4 Å². The Labute approximate surface area is 123 Å². The van der Waals surface area contributed by atoms with Gasteiger partial charge in [0, 0.05) is 24.4 Å². The van der Waals surface area contributed by atoms with E-state index in [2.05, 4.69) is 10.3 Å². The minimum Gasteiger partial charge on any atom is -0.478 e. The van der Waals surface area contributed by atoms with Gasteiger partial charge >= 0.3 is 5.97 Å².